The van der Waals surface area contributed by atoms with E-state index in [9.17, 15) is 0 Å². The number of rotatable bonds is 2. The van der Waals surface area contributed by atoms with Gasteiger partial charge in [-0.15, -0.1) is 0 Å². The summed E-state index contributed by atoms with van der Waals surface area (Å²) in [5, 5.41) is 8.54. The van der Waals surface area contributed by atoms with Crippen LogP contribution in [0.5, 0.6) is 0 Å². The summed E-state index contributed by atoms with van der Waals surface area (Å²) in [6.07, 6.45) is 7.94. The van der Waals surface area contributed by atoms with E-state index in [0.717, 1.165) is 5.69 Å². The zero-order chi connectivity index (χ0) is 11.4. The molecule has 0 heterocycles. The first-order valence-corrected chi connectivity index (χ1v) is 6.58. The van der Waals surface area contributed by atoms with Crippen LogP contribution in [0.4, 0.5) is 5.69 Å². The highest BCUT2D eigenvalue weighted by Crippen LogP contribution is 2.35. The van der Waals surface area contributed by atoms with Gasteiger partial charge in [0, 0.05) is 0 Å². The molecule has 0 saturated carbocycles. The van der Waals surface area contributed by atoms with Crippen LogP contribution >= 0.6 is 31.9 Å². The van der Waals surface area contributed by atoms with Gasteiger partial charge in [0.2, 0.25) is 0 Å². The lowest BCUT2D eigenvalue weighted by atomic mass is 10.1. The fourth-order valence-electron chi connectivity index (χ4n) is 1.30. The molecule has 2 nitrogen and oxygen atoms in total. The van der Waals surface area contributed by atoms with Crippen molar-refractivity contribution >= 4 is 37.5 Å². The molecule has 1 aromatic carbocycles. The Kier molecular flexibility index (Phi) is 3.71. The van der Waals surface area contributed by atoms with E-state index in [-0.39, 0.29) is 4.83 Å². The van der Waals surface area contributed by atoms with Gasteiger partial charge in [0.1, 0.15) is 0 Å². The molecule has 0 aliphatic heterocycles. The van der Waals surface area contributed by atoms with Crippen LogP contribution in [0.3, 0.4) is 0 Å². The summed E-state index contributed by atoms with van der Waals surface area (Å²) in [4.78, 5) is 0.109. The third-order valence-corrected chi connectivity index (χ3v) is 4.72. The number of alkyl halides is 2. The summed E-state index contributed by atoms with van der Waals surface area (Å²) in [5.74, 6) is 0. The third kappa shape index (κ3) is 2.68. The molecular weight excluding hydrogens is 332 g/mol. The van der Waals surface area contributed by atoms with E-state index >= 15 is 0 Å². The van der Waals surface area contributed by atoms with Gasteiger partial charge in [-0.05, 0) is 18.2 Å². The number of azo groups is 1. The Hall–Kier alpha value is -0.740. The Labute approximate surface area is 111 Å². The zero-order valence-corrected chi connectivity index (χ0v) is 11.6. The fourth-order valence-corrected chi connectivity index (χ4v) is 2.10. The first kappa shape index (κ1) is 11.7. The molecule has 0 aromatic heterocycles. The van der Waals surface area contributed by atoms with Crippen molar-refractivity contribution in [3.63, 3.8) is 0 Å². The van der Waals surface area contributed by atoms with Crippen LogP contribution in [0, 0.1) is 0 Å². The molecule has 0 spiro atoms. The fraction of sp³-hybridized carbons (Fsp3) is 0.167. The first-order chi connectivity index (χ1) is 7.71. The summed E-state index contributed by atoms with van der Waals surface area (Å²) in [7, 11) is 0. The van der Waals surface area contributed by atoms with E-state index < -0.39 is 4.45 Å². The quantitative estimate of drug-likeness (QED) is 0.421. The normalized spacial score (nSPS) is 28.8. The van der Waals surface area contributed by atoms with E-state index in [4.69, 9.17) is 0 Å². The highest BCUT2D eigenvalue weighted by molar-refractivity contribution is 9.12. The van der Waals surface area contributed by atoms with Crippen molar-refractivity contribution in [3.8, 4) is 0 Å². The SMILES string of the molecule is BrC1C=CC=CC1(Br)N=Nc1ccccc1. The smallest absolute Gasteiger partial charge is 0.164 e. The Morgan fingerprint density at radius 1 is 1.12 bits per heavy atom. The van der Waals surface area contributed by atoms with Crippen molar-refractivity contribution in [2.24, 2.45) is 10.2 Å². The molecule has 2 atom stereocenters. The van der Waals surface area contributed by atoms with Crippen LogP contribution in [-0.4, -0.2) is 9.28 Å². The van der Waals surface area contributed by atoms with E-state index in [0.29, 0.717) is 0 Å². The summed E-state index contributed by atoms with van der Waals surface area (Å²) in [6, 6.07) is 9.69. The molecule has 4 heteroatoms. The Morgan fingerprint density at radius 2 is 1.88 bits per heavy atom. The Bertz CT molecular complexity index is 440. The van der Waals surface area contributed by atoms with E-state index in [1.807, 2.05) is 54.6 Å². The maximum atomic E-state index is 4.32. The van der Waals surface area contributed by atoms with Gasteiger partial charge in [-0.2, -0.15) is 10.2 Å². The average molecular weight is 342 g/mol. The second kappa shape index (κ2) is 5.06. The first-order valence-electron chi connectivity index (χ1n) is 4.88. The second-order valence-corrected chi connectivity index (χ2v) is 5.67. The lowest BCUT2D eigenvalue weighted by molar-refractivity contribution is 0.751. The average Bonchev–Trinajstić information content (AvgIpc) is 2.32. The zero-order valence-electron chi connectivity index (χ0n) is 8.42. The lowest BCUT2D eigenvalue weighted by Gasteiger charge is -2.23. The van der Waals surface area contributed by atoms with Crippen molar-refractivity contribution < 1.29 is 0 Å². The number of hydrogen-bond acceptors (Lipinski definition) is 2. The predicted octanol–water partition coefficient (Wildman–Crippen LogP) is 4.75. The van der Waals surface area contributed by atoms with Crippen molar-refractivity contribution in [2.75, 3.05) is 0 Å². The molecule has 1 aliphatic rings. The van der Waals surface area contributed by atoms with Crippen LogP contribution in [0.15, 0.2) is 64.9 Å². The number of allylic oxidation sites excluding steroid dienone is 2. The van der Waals surface area contributed by atoms with Gasteiger partial charge in [-0.1, -0.05) is 68.3 Å². The minimum absolute atomic E-state index is 0.109. The molecule has 0 fully saturated rings. The van der Waals surface area contributed by atoms with Crippen LogP contribution in [-0.2, 0) is 0 Å². The predicted molar refractivity (Wildman–Crippen MR) is 73.6 cm³/mol. The monoisotopic (exact) mass is 340 g/mol. The summed E-state index contributed by atoms with van der Waals surface area (Å²) < 4.78 is -0.489. The molecular formula is C12H10Br2N2. The van der Waals surface area contributed by atoms with Gasteiger partial charge in [0.15, 0.2) is 4.45 Å². The Balaban J connectivity index is 2.18. The minimum Gasteiger partial charge on any atom is -0.164 e. The van der Waals surface area contributed by atoms with Crippen LogP contribution in [0.1, 0.15) is 0 Å². The number of benzene rings is 1. The molecule has 0 saturated heterocycles. The van der Waals surface area contributed by atoms with Gasteiger partial charge in [0.05, 0.1) is 10.5 Å². The van der Waals surface area contributed by atoms with Crippen LogP contribution in [0.2, 0.25) is 0 Å². The topological polar surface area (TPSA) is 24.7 Å². The van der Waals surface area contributed by atoms with Crippen molar-refractivity contribution in [1.82, 2.24) is 0 Å². The highest BCUT2D eigenvalue weighted by Gasteiger charge is 2.31. The lowest BCUT2D eigenvalue weighted by Crippen LogP contribution is -2.26. The van der Waals surface area contributed by atoms with Crippen molar-refractivity contribution in [1.29, 1.82) is 0 Å². The van der Waals surface area contributed by atoms with E-state index in [2.05, 4.69) is 42.1 Å². The van der Waals surface area contributed by atoms with E-state index in [1.54, 1.807) is 0 Å². The largest absolute Gasteiger partial charge is 0.170 e. The molecule has 0 amide bonds. The van der Waals surface area contributed by atoms with Crippen LogP contribution < -0.4 is 0 Å². The number of hydrogen-bond donors (Lipinski definition) is 0. The molecule has 0 bridgehead atoms. The maximum Gasteiger partial charge on any atom is 0.170 e. The molecule has 0 radical (unpaired) electrons. The second-order valence-electron chi connectivity index (χ2n) is 3.41. The number of halogens is 2. The van der Waals surface area contributed by atoms with Gasteiger partial charge in [-0.3, -0.25) is 0 Å². The number of nitrogens with zero attached hydrogens (tertiary/aromatic N) is 2. The van der Waals surface area contributed by atoms with Gasteiger partial charge in [-0.25, -0.2) is 0 Å². The van der Waals surface area contributed by atoms with Gasteiger partial charge >= 0.3 is 0 Å². The molecule has 82 valence electrons. The molecule has 16 heavy (non-hydrogen) atoms. The van der Waals surface area contributed by atoms with Gasteiger partial charge < -0.3 is 0 Å². The third-order valence-electron chi connectivity index (χ3n) is 2.18. The van der Waals surface area contributed by atoms with Crippen molar-refractivity contribution in [3.05, 3.63) is 54.6 Å². The highest BCUT2D eigenvalue weighted by atomic mass is 79.9. The summed E-state index contributed by atoms with van der Waals surface area (Å²) >= 11 is 7.12. The standard InChI is InChI=1S/C12H10Br2N2/c13-11-8-4-5-9-12(11,14)16-15-10-6-2-1-3-7-10/h1-9,11H. The molecule has 1 aromatic rings. The molecule has 2 rings (SSSR count). The summed E-state index contributed by atoms with van der Waals surface area (Å²) in [6.45, 7) is 0. The van der Waals surface area contributed by atoms with Crippen LogP contribution in [0.25, 0.3) is 0 Å². The summed E-state index contributed by atoms with van der Waals surface area (Å²) in [5.41, 5.74) is 0.851. The molecule has 0 N–H and O–H groups in total. The van der Waals surface area contributed by atoms with Gasteiger partial charge in [0.25, 0.3) is 0 Å². The van der Waals surface area contributed by atoms with E-state index in [1.165, 1.54) is 0 Å². The van der Waals surface area contributed by atoms with Crippen molar-refractivity contribution in [2.45, 2.75) is 9.28 Å². The Morgan fingerprint density at radius 3 is 2.56 bits per heavy atom. The molecule has 1 aliphatic carbocycles. The maximum absolute atomic E-state index is 4.32. The molecule has 2 unspecified atom stereocenters. The minimum atomic E-state index is -0.489.